The van der Waals surface area contributed by atoms with Crippen molar-refractivity contribution in [1.82, 2.24) is 4.90 Å². The fourth-order valence-corrected chi connectivity index (χ4v) is 3.37. The van der Waals surface area contributed by atoms with E-state index in [4.69, 9.17) is 16.3 Å². The maximum atomic E-state index is 12.4. The van der Waals surface area contributed by atoms with Gasteiger partial charge in [0.2, 0.25) is 0 Å². The molecule has 0 atom stereocenters. The fourth-order valence-electron chi connectivity index (χ4n) is 3.16. The summed E-state index contributed by atoms with van der Waals surface area (Å²) in [6, 6.07) is 17.9. The lowest BCUT2D eigenvalue weighted by Crippen LogP contribution is -2.21. The van der Waals surface area contributed by atoms with Crippen molar-refractivity contribution in [3.63, 3.8) is 0 Å². The molecule has 1 N–H and O–H groups in total. The number of phenolic OH excluding ortho intramolecular Hbond substituents is 1. The van der Waals surface area contributed by atoms with Crippen molar-refractivity contribution in [2.45, 2.75) is 27.3 Å². The van der Waals surface area contributed by atoms with Gasteiger partial charge in [-0.15, -0.1) is 0 Å². The first-order valence-electron chi connectivity index (χ1n) is 10.6. The van der Waals surface area contributed by atoms with E-state index in [0.717, 1.165) is 30.9 Å². The Morgan fingerprint density at radius 1 is 1.06 bits per heavy atom. The van der Waals surface area contributed by atoms with Gasteiger partial charge in [0, 0.05) is 29.4 Å². The number of hydrogen-bond acceptors (Lipinski definition) is 5. The smallest absolute Gasteiger partial charge is 0.343 e. The molecule has 0 aliphatic heterocycles. The van der Waals surface area contributed by atoms with Gasteiger partial charge in [0.15, 0.2) is 11.5 Å². The Kier molecular flexibility index (Phi) is 8.03. The Morgan fingerprint density at radius 2 is 1.72 bits per heavy atom. The van der Waals surface area contributed by atoms with Crippen LogP contribution < -0.4 is 4.74 Å². The van der Waals surface area contributed by atoms with Gasteiger partial charge in [-0.05, 0) is 55.9 Å². The average Bonchev–Trinajstić information content (AvgIpc) is 2.79. The second-order valence-corrected chi connectivity index (χ2v) is 7.92. The fraction of sp³-hybridized carbons (Fsp3) is 0.231. The van der Waals surface area contributed by atoms with Crippen molar-refractivity contribution in [3.05, 3.63) is 87.9 Å². The number of carbonyl (C=O) groups is 1. The van der Waals surface area contributed by atoms with Gasteiger partial charge in [-0.1, -0.05) is 55.3 Å². The molecule has 0 aliphatic rings. The summed E-state index contributed by atoms with van der Waals surface area (Å²) in [6.45, 7) is 9.12. The van der Waals surface area contributed by atoms with Crippen LogP contribution in [0.1, 0.15) is 40.9 Å². The number of rotatable bonds is 8. The lowest BCUT2D eigenvalue weighted by atomic mass is 10.1. The van der Waals surface area contributed by atoms with Gasteiger partial charge in [-0.25, -0.2) is 4.79 Å². The second-order valence-electron chi connectivity index (χ2n) is 7.48. The predicted molar refractivity (Wildman–Crippen MR) is 130 cm³/mol. The van der Waals surface area contributed by atoms with Crippen LogP contribution in [0.2, 0.25) is 5.02 Å². The van der Waals surface area contributed by atoms with Crippen molar-refractivity contribution in [2.24, 2.45) is 4.99 Å². The largest absolute Gasteiger partial charge is 0.504 e. The highest BCUT2D eigenvalue weighted by Crippen LogP contribution is 2.33. The zero-order chi connectivity index (χ0) is 23.1. The number of carbonyl (C=O) groups excluding carboxylic acids is 1. The number of nitrogens with zero attached hydrogens (tertiary/aromatic N) is 2. The predicted octanol–water partition coefficient (Wildman–Crippen LogP) is 6.17. The number of esters is 1. The van der Waals surface area contributed by atoms with E-state index in [1.807, 2.05) is 43.3 Å². The Hall–Kier alpha value is -3.15. The number of halogens is 1. The van der Waals surface area contributed by atoms with E-state index in [1.165, 1.54) is 17.8 Å². The minimum Gasteiger partial charge on any atom is -0.504 e. The van der Waals surface area contributed by atoms with Crippen LogP contribution in [0.3, 0.4) is 0 Å². The zero-order valence-corrected chi connectivity index (χ0v) is 19.3. The van der Waals surface area contributed by atoms with Gasteiger partial charge in [0.05, 0.1) is 11.3 Å². The van der Waals surface area contributed by atoms with Gasteiger partial charge >= 0.3 is 5.97 Å². The molecule has 0 fully saturated rings. The number of aliphatic imine (C=N–C) groups is 1. The topological polar surface area (TPSA) is 62.1 Å². The molecule has 0 aromatic heterocycles. The van der Waals surface area contributed by atoms with Crippen LogP contribution >= 0.6 is 11.6 Å². The van der Waals surface area contributed by atoms with Crippen molar-refractivity contribution in [3.8, 4) is 11.5 Å². The van der Waals surface area contributed by atoms with Crippen LogP contribution in [-0.4, -0.2) is 35.3 Å². The minimum absolute atomic E-state index is 0.0147. The van der Waals surface area contributed by atoms with E-state index in [9.17, 15) is 9.90 Å². The summed E-state index contributed by atoms with van der Waals surface area (Å²) in [6.07, 6.45) is 1.50. The molecule has 0 spiro atoms. The molecule has 0 saturated heterocycles. The molecule has 3 aromatic rings. The average molecular weight is 451 g/mol. The number of aryl methyl sites for hydroxylation is 1. The van der Waals surface area contributed by atoms with Crippen LogP contribution in [0.4, 0.5) is 5.69 Å². The molecule has 166 valence electrons. The zero-order valence-electron chi connectivity index (χ0n) is 18.5. The Bertz CT molecular complexity index is 1090. The summed E-state index contributed by atoms with van der Waals surface area (Å²) < 4.78 is 5.38. The molecule has 0 unspecified atom stereocenters. The van der Waals surface area contributed by atoms with Crippen LogP contribution in [0.15, 0.2) is 65.7 Å². The van der Waals surface area contributed by atoms with Gasteiger partial charge < -0.3 is 9.84 Å². The third kappa shape index (κ3) is 6.19. The minimum atomic E-state index is -0.575. The summed E-state index contributed by atoms with van der Waals surface area (Å²) in [5.41, 5.74) is 3.73. The summed E-state index contributed by atoms with van der Waals surface area (Å²) in [5.74, 6) is -0.787. The highest BCUT2D eigenvalue weighted by atomic mass is 35.5. The van der Waals surface area contributed by atoms with Crippen molar-refractivity contribution < 1.29 is 14.6 Å². The van der Waals surface area contributed by atoms with Gasteiger partial charge in [0.25, 0.3) is 0 Å². The van der Waals surface area contributed by atoms with Crippen molar-refractivity contribution >= 4 is 29.5 Å². The molecule has 0 bridgehead atoms. The first kappa shape index (κ1) is 23.5. The molecular weight excluding hydrogens is 424 g/mol. The molecule has 6 heteroatoms. The third-order valence-corrected chi connectivity index (χ3v) is 5.37. The highest BCUT2D eigenvalue weighted by Gasteiger charge is 2.15. The van der Waals surface area contributed by atoms with E-state index in [1.54, 1.807) is 18.2 Å². The molecule has 32 heavy (non-hydrogen) atoms. The number of phenols is 1. The monoisotopic (exact) mass is 450 g/mol. The normalized spacial score (nSPS) is 11.3. The number of hydrogen-bond donors (Lipinski definition) is 1. The van der Waals surface area contributed by atoms with Crippen LogP contribution in [0, 0.1) is 6.92 Å². The lowest BCUT2D eigenvalue weighted by molar-refractivity contribution is 0.0729. The summed E-state index contributed by atoms with van der Waals surface area (Å²) in [4.78, 5) is 19.2. The first-order chi connectivity index (χ1) is 15.4. The van der Waals surface area contributed by atoms with Crippen LogP contribution in [0.25, 0.3) is 0 Å². The van der Waals surface area contributed by atoms with Gasteiger partial charge in [0.1, 0.15) is 0 Å². The second kappa shape index (κ2) is 10.9. The standard InChI is InChI=1S/C26H27ClN2O3/c1-4-29(5-2)17-19-8-12-23(13-9-19)28-16-21-14-22(27)15-24(25(21)30)32-26(31)20-10-6-18(3)7-11-20/h6-16,30H,4-5,17H2,1-3H3. The number of ether oxygens (including phenoxy) is 1. The van der Waals surface area contributed by atoms with E-state index in [0.29, 0.717) is 16.1 Å². The number of benzene rings is 3. The van der Waals surface area contributed by atoms with E-state index in [2.05, 4.69) is 23.7 Å². The molecule has 0 saturated carbocycles. The van der Waals surface area contributed by atoms with E-state index >= 15 is 0 Å². The third-order valence-electron chi connectivity index (χ3n) is 5.15. The molecule has 0 amide bonds. The lowest BCUT2D eigenvalue weighted by Gasteiger charge is -2.17. The molecule has 0 heterocycles. The Balaban J connectivity index is 1.75. The first-order valence-corrected chi connectivity index (χ1v) is 10.9. The maximum absolute atomic E-state index is 12.4. The van der Waals surface area contributed by atoms with Gasteiger partial charge in [-0.2, -0.15) is 0 Å². The van der Waals surface area contributed by atoms with Crippen molar-refractivity contribution in [1.29, 1.82) is 0 Å². The quantitative estimate of drug-likeness (QED) is 0.253. The summed E-state index contributed by atoms with van der Waals surface area (Å²) in [7, 11) is 0. The van der Waals surface area contributed by atoms with Gasteiger partial charge in [-0.3, -0.25) is 9.89 Å². The SMILES string of the molecule is CCN(CC)Cc1ccc(N=Cc2cc(Cl)cc(OC(=O)c3ccc(C)cc3)c2O)cc1. The Labute approximate surface area is 193 Å². The number of aromatic hydroxyl groups is 1. The molecule has 0 radical (unpaired) electrons. The van der Waals surface area contributed by atoms with Crippen LogP contribution in [-0.2, 0) is 6.54 Å². The van der Waals surface area contributed by atoms with Crippen molar-refractivity contribution in [2.75, 3.05) is 13.1 Å². The summed E-state index contributed by atoms with van der Waals surface area (Å²) in [5, 5.41) is 10.9. The molecular formula is C26H27ClN2O3. The van der Waals surface area contributed by atoms with E-state index in [-0.39, 0.29) is 11.5 Å². The molecule has 0 aliphatic carbocycles. The maximum Gasteiger partial charge on any atom is 0.343 e. The summed E-state index contributed by atoms with van der Waals surface area (Å²) >= 11 is 6.18. The molecule has 5 nitrogen and oxygen atoms in total. The Morgan fingerprint density at radius 3 is 2.34 bits per heavy atom. The van der Waals surface area contributed by atoms with E-state index < -0.39 is 5.97 Å². The molecule has 3 rings (SSSR count). The highest BCUT2D eigenvalue weighted by molar-refractivity contribution is 6.31. The molecule has 3 aromatic carbocycles. The van der Waals surface area contributed by atoms with Crippen LogP contribution in [0.5, 0.6) is 11.5 Å².